The van der Waals surface area contributed by atoms with Gasteiger partial charge in [-0.3, -0.25) is 4.98 Å². The van der Waals surface area contributed by atoms with E-state index < -0.39 is 6.10 Å². The van der Waals surface area contributed by atoms with Crippen molar-refractivity contribution in [2.24, 2.45) is 0 Å². The summed E-state index contributed by atoms with van der Waals surface area (Å²) in [6, 6.07) is 8.45. The first-order chi connectivity index (χ1) is 8.08. The lowest BCUT2D eigenvalue weighted by Gasteiger charge is -2.12. The van der Waals surface area contributed by atoms with Crippen LogP contribution in [-0.2, 0) is 0 Å². The first-order valence-electron chi connectivity index (χ1n) is 4.82. The molecular weight excluding hydrogens is 280 g/mol. The van der Waals surface area contributed by atoms with Gasteiger partial charge < -0.3 is 5.11 Å². The van der Waals surface area contributed by atoms with Crippen LogP contribution in [0.15, 0.2) is 36.5 Å². The standard InChI is InChI=1S/C12H8Cl3NO/c13-8-3-1-2-7(4-8)12(17)11-10(15)5-9(14)6-16-11/h1-6,12,17H. The van der Waals surface area contributed by atoms with Crippen molar-refractivity contribution in [2.45, 2.75) is 6.10 Å². The summed E-state index contributed by atoms with van der Waals surface area (Å²) in [4.78, 5) is 4.03. The van der Waals surface area contributed by atoms with Crippen LogP contribution in [-0.4, -0.2) is 10.1 Å². The van der Waals surface area contributed by atoms with Crippen molar-refractivity contribution in [3.8, 4) is 0 Å². The SMILES string of the molecule is OC(c1cccc(Cl)c1)c1ncc(Cl)cc1Cl. The summed E-state index contributed by atoms with van der Waals surface area (Å²) < 4.78 is 0. The normalized spacial score (nSPS) is 12.5. The molecule has 0 spiro atoms. The van der Waals surface area contributed by atoms with E-state index in [2.05, 4.69) is 4.98 Å². The Hall–Kier alpha value is -0.800. The van der Waals surface area contributed by atoms with E-state index in [0.29, 0.717) is 26.3 Å². The van der Waals surface area contributed by atoms with Crippen LogP contribution in [0.25, 0.3) is 0 Å². The van der Waals surface area contributed by atoms with E-state index in [4.69, 9.17) is 34.8 Å². The average Bonchev–Trinajstić information content (AvgIpc) is 2.28. The molecule has 0 amide bonds. The number of pyridine rings is 1. The van der Waals surface area contributed by atoms with Gasteiger partial charge in [0.15, 0.2) is 0 Å². The van der Waals surface area contributed by atoms with Crippen molar-refractivity contribution in [3.05, 3.63) is 62.9 Å². The molecule has 1 atom stereocenters. The average molecular weight is 289 g/mol. The number of hydrogen-bond acceptors (Lipinski definition) is 2. The second-order valence-electron chi connectivity index (χ2n) is 3.48. The highest BCUT2D eigenvalue weighted by Gasteiger charge is 2.16. The molecule has 2 aromatic rings. The van der Waals surface area contributed by atoms with Crippen LogP contribution >= 0.6 is 34.8 Å². The molecule has 0 radical (unpaired) electrons. The van der Waals surface area contributed by atoms with E-state index in [0.717, 1.165) is 0 Å². The molecule has 0 aliphatic carbocycles. The summed E-state index contributed by atoms with van der Waals surface area (Å²) in [7, 11) is 0. The lowest BCUT2D eigenvalue weighted by Crippen LogP contribution is -2.03. The van der Waals surface area contributed by atoms with Gasteiger partial charge in [-0.05, 0) is 23.8 Å². The highest BCUT2D eigenvalue weighted by molar-refractivity contribution is 6.34. The van der Waals surface area contributed by atoms with E-state index in [1.165, 1.54) is 6.20 Å². The van der Waals surface area contributed by atoms with Crippen LogP contribution in [0.3, 0.4) is 0 Å². The minimum absolute atomic E-state index is 0.324. The fourth-order valence-electron chi connectivity index (χ4n) is 1.46. The van der Waals surface area contributed by atoms with Crippen LogP contribution in [0.1, 0.15) is 17.4 Å². The Morgan fingerprint density at radius 3 is 2.47 bits per heavy atom. The Balaban J connectivity index is 2.40. The Morgan fingerprint density at radius 1 is 1.06 bits per heavy atom. The summed E-state index contributed by atoms with van der Waals surface area (Å²) in [6.07, 6.45) is 0.523. The van der Waals surface area contributed by atoms with Gasteiger partial charge in [-0.25, -0.2) is 0 Å². The first kappa shape index (κ1) is 12.7. The summed E-state index contributed by atoms with van der Waals surface area (Å²) in [5.41, 5.74) is 0.993. The number of rotatable bonds is 2. The second-order valence-corrected chi connectivity index (χ2v) is 4.76. The maximum absolute atomic E-state index is 10.1. The molecule has 5 heteroatoms. The molecule has 0 aliphatic heterocycles. The number of aliphatic hydroxyl groups is 1. The van der Waals surface area contributed by atoms with Crippen molar-refractivity contribution in [3.63, 3.8) is 0 Å². The van der Waals surface area contributed by atoms with Gasteiger partial charge in [-0.1, -0.05) is 46.9 Å². The monoisotopic (exact) mass is 287 g/mol. The van der Waals surface area contributed by atoms with Crippen molar-refractivity contribution in [2.75, 3.05) is 0 Å². The largest absolute Gasteiger partial charge is 0.382 e. The first-order valence-corrected chi connectivity index (χ1v) is 5.96. The highest BCUT2D eigenvalue weighted by Crippen LogP contribution is 2.29. The molecule has 0 saturated heterocycles. The Morgan fingerprint density at radius 2 is 1.82 bits per heavy atom. The minimum atomic E-state index is -0.918. The predicted octanol–water partition coefficient (Wildman–Crippen LogP) is 4.12. The molecule has 1 aromatic heterocycles. The van der Waals surface area contributed by atoms with Crippen LogP contribution < -0.4 is 0 Å². The molecule has 0 aliphatic rings. The minimum Gasteiger partial charge on any atom is -0.382 e. The fourth-order valence-corrected chi connectivity index (χ4v) is 2.14. The van der Waals surface area contributed by atoms with Gasteiger partial charge in [0.25, 0.3) is 0 Å². The zero-order valence-electron chi connectivity index (χ0n) is 8.57. The lowest BCUT2D eigenvalue weighted by molar-refractivity contribution is 0.215. The van der Waals surface area contributed by atoms with Gasteiger partial charge in [0.05, 0.1) is 15.7 Å². The Kier molecular flexibility index (Phi) is 3.89. The molecule has 0 bridgehead atoms. The molecule has 0 saturated carbocycles. The molecule has 1 aromatic carbocycles. The van der Waals surface area contributed by atoms with Gasteiger partial charge >= 0.3 is 0 Å². The smallest absolute Gasteiger partial charge is 0.123 e. The highest BCUT2D eigenvalue weighted by atomic mass is 35.5. The number of hydrogen-bond donors (Lipinski definition) is 1. The molecule has 0 fully saturated rings. The van der Waals surface area contributed by atoms with E-state index in [9.17, 15) is 5.11 Å². The quantitative estimate of drug-likeness (QED) is 0.901. The van der Waals surface area contributed by atoms with Gasteiger partial charge in [0.1, 0.15) is 6.10 Å². The lowest BCUT2D eigenvalue weighted by atomic mass is 10.1. The summed E-state index contributed by atoms with van der Waals surface area (Å²) in [5, 5.41) is 11.4. The molecule has 17 heavy (non-hydrogen) atoms. The molecule has 2 nitrogen and oxygen atoms in total. The van der Waals surface area contributed by atoms with Crippen LogP contribution in [0.5, 0.6) is 0 Å². The molecular formula is C12H8Cl3NO. The summed E-state index contributed by atoms with van der Waals surface area (Å²) in [5.74, 6) is 0. The topological polar surface area (TPSA) is 33.1 Å². The van der Waals surface area contributed by atoms with Crippen LogP contribution in [0.2, 0.25) is 15.1 Å². The van der Waals surface area contributed by atoms with Crippen molar-refractivity contribution in [1.82, 2.24) is 4.98 Å². The Labute approximate surface area is 114 Å². The maximum atomic E-state index is 10.1. The third-order valence-corrected chi connectivity index (χ3v) is 3.00. The number of aliphatic hydroxyl groups excluding tert-OH is 1. The number of nitrogens with zero attached hydrogens (tertiary/aromatic N) is 1. The molecule has 1 N–H and O–H groups in total. The van der Waals surface area contributed by atoms with Gasteiger partial charge in [-0.15, -0.1) is 0 Å². The molecule has 1 unspecified atom stereocenters. The summed E-state index contributed by atoms with van der Waals surface area (Å²) in [6.45, 7) is 0. The third kappa shape index (κ3) is 2.90. The van der Waals surface area contributed by atoms with E-state index in [1.807, 2.05) is 0 Å². The summed E-state index contributed by atoms with van der Waals surface area (Å²) >= 11 is 17.6. The molecule has 1 heterocycles. The van der Waals surface area contributed by atoms with Crippen molar-refractivity contribution >= 4 is 34.8 Å². The van der Waals surface area contributed by atoms with Gasteiger partial charge in [0.2, 0.25) is 0 Å². The molecule has 2 rings (SSSR count). The number of halogens is 3. The van der Waals surface area contributed by atoms with E-state index in [1.54, 1.807) is 30.3 Å². The predicted molar refractivity (Wildman–Crippen MR) is 69.8 cm³/mol. The number of aromatic nitrogens is 1. The van der Waals surface area contributed by atoms with E-state index >= 15 is 0 Å². The third-order valence-electron chi connectivity index (χ3n) is 2.26. The zero-order chi connectivity index (χ0) is 12.4. The van der Waals surface area contributed by atoms with Crippen molar-refractivity contribution in [1.29, 1.82) is 0 Å². The van der Waals surface area contributed by atoms with Crippen molar-refractivity contribution < 1.29 is 5.11 Å². The second kappa shape index (κ2) is 5.23. The number of benzene rings is 1. The fraction of sp³-hybridized carbons (Fsp3) is 0.0833. The zero-order valence-corrected chi connectivity index (χ0v) is 10.8. The van der Waals surface area contributed by atoms with Crippen LogP contribution in [0.4, 0.5) is 0 Å². The van der Waals surface area contributed by atoms with Crippen LogP contribution in [0, 0.1) is 0 Å². The van der Waals surface area contributed by atoms with Gasteiger partial charge in [-0.2, -0.15) is 0 Å². The molecule has 88 valence electrons. The maximum Gasteiger partial charge on any atom is 0.123 e. The van der Waals surface area contributed by atoms with Gasteiger partial charge in [0, 0.05) is 11.2 Å². The Bertz CT molecular complexity index is 545. The van der Waals surface area contributed by atoms with E-state index in [-0.39, 0.29) is 0 Å².